The third-order valence-electron chi connectivity index (χ3n) is 7.09. The second-order valence-electron chi connectivity index (χ2n) is 9.81. The number of benzene rings is 2. The topological polar surface area (TPSA) is 103 Å². The predicted molar refractivity (Wildman–Crippen MR) is 145 cm³/mol. The quantitative estimate of drug-likeness (QED) is 0.431. The van der Waals surface area contributed by atoms with Gasteiger partial charge in [0.15, 0.2) is 0 Å². The molecule has 1 aromatic heterocycles. The molecule has 0 atom stereocenters. The largest absolute Gasteiger partial charge is 0.481 e. The SMILES string of the molecule is Nc1cc(-c2cccc(CN(CCC(=O)O)C(=O)C3CC3)c2)ccc1N1CCN(c2ccccn2)CC1. The van der Waals surface area contributed by atoms with Crippen molar-refractivity contribution in [3.05, 3.63) is 72.4 Å². The van der Waals surface area contributed by atoms with Crippen molar-refractivity contribution in [3.63, 3.8) is 0 Å². The van der Waals surface area contributed by atoms with Crippen molar-refractivity contribution in [3.8, 4) is 11.1 Å². The van der Waals surface area contributed by atoms with Crippen LogP contribution in [0.15, 0.2) is 66.9 Å². The summed E-state index contributed by atoms with van der Waals surface area (Å²) in [5.41, 5.74) is 11.3. The van der Waals surface area contributed by atoms with Crippen LogP contribution in [0.4, 0.5) is 17.2 Å². The number of piperazine rings is 1. The molecule has 3 aromatic rings. The second-order valence-corrected chi connectivity index (χ2v) is 9.81. The summed E-state index contributed by atoms with van der Waals surface area (Å²) in [6.07, 6.45) is 3.57. The van der Waals surface area contributed by atoms with Gasteiger partial charge in [-0.05, 0) is 59.9 Å². The van der Waals surface area contributed by atoms with Crippen LogP contribution in [0.25, 0.3) is 11.1 Å². The normalized spacial score (nSPS) is 15.5. The number of carbonyl (C=O) groups excluding carboxylic acids is 1. The van der Waals surface area contributed by atoms with Crippen molar-refractivity contribution in [1.82, 2.24) is 9.88 Å². The molecule has 2 fully saturated rings. The van der Waals surface area contributed by atoms with Crippen LogP contribution in [-0.4, -0.2) is 59.6 Å². The third-order valence-corrected chi connectivity index (χ3v) is 7.09. The zero-order chi connectivity index (χ0) is 25.8. The van der Waals surface area contributed by atoms with Gasteiger partial charge < -0.3 is 25.5 Å². The zero-order valence-corrected chi connectivity index (χ0v) is 20.9. The smallest absolute Gasteiger partial charge is 0.305 e. The molecule has 2 heterocycles. The van der Waals surface area contributed by atoms with E-state index in [1.807, 2.05) is 48.7 Å². The number of aliphatic carboxylic acids is 1. The number of pyridine rings is 1. The highest BCUT2D eigenvalue weighted by molar-refractivity contribution is 5.82. The van der Waals surface area contributed by atoms with Crippen molar-refractivity contribution >= 4 is 29.1 Å². The molecule has 37 heavy (non-hydrogen) atoms. The Labute approximate surface area is 217 Å². The number of rotatable bonds is 9. The van der Waals surface area contributed by atoms with Gasteiger partial charge in [-0.25, -0.2) is 4.98 Å². The van der Waals surface area contributed by atoms with E-state index in [-0.39, 0.29) is 24.8 Å². The fourth-order valence-electron chi connectivity index (χ4n) is 4.90. The fraction of sp³-hybridized carbons (Fsp3) is 0.345. The highest BCUT2D eigenvalue weighted by Gasteiger charge is 2.33. The van der Waals surface area contributed by atoms with Gasteiger partial charge in [-0.15, -0.1) is 0 Å². The standard InChI is InChI=1S/C29H33N5O3/c30-25-19-24(9-10-26(25)32-14-16-33(17-15-32)27-6-1-2-12-31-27)23-5-3-4-21(18-23)20-34(13-11-28(35)36)29(37)22-7-8-22/h1-6,9-10,12,18-19,22H,7-8,11,13-17,20,30H2,(H,35,36). The number of nitrogen functional groups attached to an aromatic ring is 1. The highest BCUT2D eigenvalue weighted by Crippen LogP contribution is 2.33. The molecule has 1 aliphatic carbocycles. The van der Waals surface area contributed by atoms with Crippen molar-refractivity contribution in [2.75, 3.05) is 48.3 Å². The number of carboxylic acids is 1. The molecule has 8 nitrogen and oxygen atoms in total. The van der Waals surface area contributed by atoms with Crippen LogP contribution in [0.5, 0.6) is 0 Å². The van der Waals surface area contributed by atoms with Gasteiger partial charge in [-0.3, -0.25) is 9.59 Å². The highest BCUT2D eigenvalue weighted by atomic mass is 16.4. The summed E-state index contributed by atoms with van der Waals surface area (Å²) >= 11 is 0. The van der Waals surface area contributed by atoms with Crippen LogP contribution in [0.1, 0.15) is 24.8 Å². The molecule has 8 heteroatoms. The van der Waals surface area contributed by atoms with E-state index in [9.17, 15) is 9.59 Å². The minimum absolute atomic E-state index is 0.0493. The first kappa shape index (κ1) is 24.6. The van der Waals surface area contributed by atoms with Gasteiger partial charge in [0, 0.05) is 51.4 Å². The number of amides is 1. The Morgan fingerprint density at radius 3 is 2.38 bits per heavy atom. The van der Waals surface area contributed by atoms with Crippen molar-refractivity contribution in [1.29, 1.82) is 0 Å². The Balaban J connectivity index is 1.26. The maximum absolute atomic E-state index is 12.7. The molecule has 5 rings (SSSR count). The van der Waals surface area contributed by atoms with Crippen molar-refractivity contribution in [2.45, 2.75) is 25.8 Å². The number of aromatic nitrogens is 1. The molecule has 2 aliphatic rings. The first-order valence-electron chi connectivity index (χ1n) is 12.9. The number of hydrogen-bond acceptors (Lipinski definition) is 6. The summed E-state index contributed by atoms with van der Waals surface area (Å²) in [5, 5.41) is 9.11. The van der Waals surface area contributed by atoms with Gasteiger partial charge in [0.1, 0.15) is 5.82 Å². The molecular formula is C29H33N5O3. The lowest BCUT2D eigenvalue weighted by molar-refractivity contribution is -0.139. The lowest BCUT2D eigenvalue weighted by Crippen LogP contribution is -2.47. The average Bonchev–Trinajstić information content (AvgIpc) is 3.77. The van der Waals surface area contributed by atoms with E-state index in [0.717, 1.165) is 72.9 Å². The minimum Gasteiger partial charge on any atom is -0.481 e. The van der Waals surface area contributed by atoms with Gasteiger partial charge >= 0.3 is 5.97 Å². The van der Waals surface area contributed by atoms with E-state index in [1.165, 1.54) is 0 Å². The second kappa shape index (κ2) is 10.9. The summed E-state index contributed by atoms with van der Waals surface area (Å²) < 4.78 is 0. The van der Waals surface area contributed by atoms with Gasteiger partial charge in [0.2, 0.25) is 5.91 Å². The monoisotopic (exact) mass is 499 g/mol. The van der Waals surface area contributed by atoms with Gasteiger partial charge in [0.05, 0.1) is 17.8 Å². The fourth-order valence-corrected chi connectivity index (χ4v) is 4.90. The Morgan fingerprint density at radius 1 is 0.946 bits per heavy atom. The average molecular weight is 500 g/mol. The molecule has 0 bridgehead atoms. The van der Waals surface area contributed by atoms with E-state index in [1.54, 1.807) is 4.90 Å². The molecule has 1 amide bonds. The molecule has 1 saturated carbocycles. The predicted octanol–water partition coefficient (Wildman–Crippen LogP) is 3.87. The first-order valence-corrected chi connectivity index (χ1v) is 12.9. The lowest BCUT2D eigenvalue weighted by Gasteiger charge is -2.37. The van der Waals surface area contributed by atoms with Crippen LogP contribution in [0.2, 0.25) is 0 Å². The summed E-state index contributed by atoms with van der Waals surface area (Å²) in [4.78, 5) is 34.6. The summed E-state index contributed by atoms with van der Waals surface area (Å²) in [6, 6.07) is 20.2. The Hall–Kier alpha value is -4.07. The van der Waals surface area contributed by atoms with Crippen molar-refractivity contribution in [2.24, 2.45) is 5.92 Å². The Morgan fingerprint density at radius 2 is 1.70 bits per heavy atom. The van der Waals surface area contributed by atoms with E-state index >= 15 is 0 Å². The molecular weight excluding hydrogens is 466 g/mol. The summed E-state index contributed by atoms with van der Waals surface area (Å²) in [7, 11) is 0. The van der Waals surface area contributed by atoms with Gasteiger partial charge in [-0.2, -0.15) is 0 Å². The molecule has 0 unspecified atom stereocenters. The zero-order valence-electron chi connectivity index (χ0n) is 20.9. The minimum atomic E-state index is -0.893. The van der Waals surface area contributed by atoms with Gasteiger partial charge in [-0.1, -0.05) is 30.3 Å². The summed E-state index contributed by atoms with van der Waals surface area (Å²) in [6.45, 7) is 4.15. The Kier molecular flexibility index (Phi) is 7.25. The van der Waals surface area contributed by atoms with E-state index in [4.69, 9.17) is 10.8 Å². The van der Waals surface area contributed by atoms with Gasteiger partial charge in [0.25, 0.3) is 0 Å². The van der Waals surface area contributed by atoms with Crippen molar-refractivity contribution < 1.29 is 14.7 Å². The number of hydrogen-bond donors (Lipinski definition) is 2. The van der Waals surface area contributed by atoms with Crippen LogP contribution in [0, 0.1) is 5.92 Å². The molecule has 2 aromatic carbocycles. The van der Waals surface area contributed by atoms with Crippen LogP contribution in [-0.2, 0) is 16.1 Å². The van der Waals surface area contributed by atoms with E-state index in [2.05, 4.69) is 33.0 Å². The van der Waals surface area contributed by atoms with E-state index in [0.29, 0.717) is 6.54 Å². The number of nitrogens with zero attached hydrogens (tertiary/aromatic N) is 4. The maximum Gasteiger partial charge on any atom is 0.305 e. The number of carboxylic acid groups (broad SMARTS) is 1. The molecule has 3 N–H and O–H groups in total. The maximum atomic E-state index is 12.7. The van der Waals surface area contributed by atoms with Crippen LogP contribution < -0.4 is 15.5 Å². The molecule has 0 radical (unpaired) electrons. The number of anilines is 3. The Bertz CT molecular complexity index is 1250. The summed E-state index contributed by atoms with van der Waals surface area (Å²) in [5.74, 6) is 0.223. The molecule has 1 saturated heterocycles. The lowest BCUT2D eigenvalue weighted by atomic mass is 10.0. The van der Waals surface area contributed by atoms with Crippen LogP contribution >= 0.6 is 0 Å². The number of carbonyl (C=O) groups is 2. The molecule has 0 spiro atoms. The molecule has 1 aliphatic heterocycles. The number of nitrogens with two attached hydrogens (primary N) is 1. The third kappa shape index (κ3) is 6.02. The first-order chi connectivity index (χ1) is 18.0. The van der Waals surface area contributed by atoms with E-state index < -0.39 is 5.97 Å². The molecule has 192 valence electrons. The van der Waals surface area contributed by atoms with Crippen LogP contribution in [0.3, 0.4) is 0 Å².